The molecule has 1 amide bonds. The fraction of sp³-hybridized carbons (Fsp3) is 0.312. The van der Waals surface area contributed by atoms with E-state index in [0.29, 0.717) is 21.5 Å². The normalized spacial score (nSPS) is 11.2. The number of carbonyl (C=O) groups is 1. The highest BCUT2D eigenvalue weighted by atomic mass is 79.9. The highest BCUT2D eigenvalue weighted by Gasteiger charge is 2.21. The van der Waals surface area contributed by atoms with Crippen molar-refractivity contribution < 1.29 is 13.9 Å². The van der Waals surface area contributed by atoms with E-state index in [0.717, 1.165) is 0 Å². The molecule has 23 heavy (non-hydrogen) atoms. The van der Waals surface area contributed by atoms with E-state index in [1.165, 1.54) is 23.4 Å². The molecule has 2 heterocycles. The highest BCUT2D eigenvalue weighted by molar-refractivity contribution is 9.10. The first kappa shape index (κ1) is 17.3. The minimum atomic E-state index is -0.586. The molecule has 0 unspecified atom stereocenters. The van der Waals surface area contributed by atoms with E-state index in [9.17, 15) is 9.18 Å². The van der Waals surface area contributed by atoms with Gasteiger partial charge in [-0.2, -0.15) is 0 Å². The molecule has 5 nitrogen and oxygen atoms in total. The Morgan fingerprint density at radius 3 is 2.48 bits per heavy atom. The van der Waals surface area contributed by atoms with Crippen molar-refractivity contribution in [2.24, 2.45) is 0 Å². The standard InChI is InChI=1S/C16H17BrFN3O2/c1-16(2,3)23-15(22)21(4)14-6-5-10(8-20-14)11-9-19-13(17)7-12(11)18/h5-9H,1-4H3. The average molecular weight is 382 g/mol. The molecule has 0 radical (unpaired) electrons. The van der Waals surface area contributed by atoms with Gasteiger partial charge in [0.05, 0.1) is 0 Å². The van der Waals surface area contributed by atoms with E-state index in [1.807, 2.05) is 0 Å². The minimum absolute atomic E-state index is 0.340. The zero-order valence-electron chi connectivity index (χ0n) is 13.3. The number of pyridine rings is 2. The van der Waals surface area contributed by atoms with Crippen molar-refractivity contribution >= 4 is 27.8 Å². The van der Waals surface area contributed by atoms with Crippen LogP contribution in [0.1, 0.15) is 20.8 Å². The van der Waals surface area contributed by atoms with Gasteiger partial charge in [0.15, 0.2) is 0 Å². The summed E-state index contributed by atoms with van der Waals surface area (Å²) in [6.45, 7) is 5.37. The largest absolute Gasteiger partial charge is 0.443 e. The second kappa shape index (κ2) is 6.62. The molecule has 0 bridgehead atoms. The number of hydrogen-bond acceptors (Lipinski definition) is 4. The van der Waals surface area contributed by atoms with Crippen molar-refractivity contribution in [3.05, 3.63) is 41.0 Å². The van der Waals surface area contributed by atoms with Gasteiger partial charge >= 0.3 is 6.09 Å². The third-order valence-corrected chi connectivity index (χ3v) is 3.32. The van der Waals surface area contributed by atoms with E-state index < -0.39 is 17.5 Å². The Bertz CT molecular complexity index is 714. The number of ether oxygens (including phenoxy) is 1. The molecule has 0 atom stereocenters. The molecule has 0 aliphatic heterocycles. The maximum atomic E-state index is 13.9. The summed E-state index contributed by atoms with van der Waals surface area (Å²) in [7, 11) is 1.57. The van der Waals surface area contributed by atoms with Crippen molar-refractivity contribution in [1.82, 2.24) is 9.97 Å². The summed E-state index contributed by atoms with van der Waals surface area (Å²) in [4.78, 5) is 21.5. The first-order valence-electron chi connectivity index (χ1n) is 6.91. The minimum Gasteiger partial charge on any atom is -0.443 e. The summed E-state index contributed by atoms with van der Waals surface area (Å²) in [6.07, 6.45) is 2.41. The van der Waals surface area contributed by atoms with Crippen LogP contribution in [0.15, 0.2) is 35.2 Å². The summed E-state index contributed by atoms with van der Waals surface area (Å²) < 4.78 is 19.6. The molecule has 0 aromatic carbocycles. The Hall–Kier alpha value is -2.02. The number of rotatable bonds is 2. The Morgan fingerprint density at radius 2 is 1.96 bits per heavy atom. The van der Waals surface area contributed by atoms with E-state index in [4.69, 9.17) is 4.74 Å². The SMILES string of the molecule is CN(C(=O)OC(C)(C)C)c1ccc(-c2cnc(Br)cc2F)cn1. The van der Waals surface area contributed by atoms with Gasteiger partial charge in [0.25, 0.3) is 0 Å². The maximum Gasteiger partial charge on any atom is 0.415 e. The van der Waals surface area contributed by atoms with Crippen molar-refractivity contribution in [2.75, 3.05) is 11.9 Å². The highest BCUT2D eigenvalue weighted by Crippen LogP contribution is 2.25. The van der Waals surface area contributed by atoms with E-state index in [1.54, 1.807) is 40.0 Å². The van der Waals surface area contributed by atoms with Gasteiger partial charge in [0.1, 0.15) is 21.8 Å². The molecular weight excluding hydrogens is 365 g/mol. The lowest BCUT2D eigenvalue weighted by Crippen LogP contribution is -2.34. The Balaban J connectivity index is 2.20. The lowest BCUT2D eigenvalue weighted by molar-refractivity contribution is 0.0588. The van der Waals surface area contributed by atoms with Crippen LogP contribution in [-0.2, 0) is 4.74 Å². The second-order valence-corrected chi connectivity index (χ2v) is 6.74. The molecular formula is C16H17BrFN3O2. The zero-order valence-corrected chi connectivity index (χ0v) is 14.9. The Morgan fingerprint density at radius 1 is 1.26 bits per heavy atom. The van der Waals surface area contributed by atoms with Crippen LogP contribution < -0.4 is 4.90 Å². The second-order valence-electron chi connectivity index (χ2n) is 5.93. The van der Waals surface area contributed by atoms with Crippen LogP contribution in [0.25, 0.3) is 11.1 Å². The number of anilines is 1. The lowest BCUT2D eigenvalue weighted by atomic mass is 10.1. The molecule has 0 aliphatic rings. The summed E-state index contributed by atoms with van der Waals surface area (Å²) >= 11 is 3.11. The van der Waals surface area contributed by atoms with Gasteiger partial charge in [-0.25, -0.2) is 19.2 Å². The zero-order chi connectivity index (χ0) is 17.2. The van der Waals surface area contributed by atoms with Gasteiger partial charge < -0.3 is 4.74 Å². The molecule has 0 N–H and O–H groups in total. The predicted molar refractivity (Wildman–Crippen MR) is 89.8 cm³/mol. The molecule has 122 valence electrons. The van der Waals surface area contributed by atoms with Gasteiger partial charge in [-0.05, 0) is 48.8 Å². The van der Waals surface area contributed by atoms with E-state index in [-0.39, 0.29) is 0 Å². The van der Waals surface area contributed by atoms with Crippen LogP contribution in [0.3, 0.4) is 0 Å². The van der Waals surface area contributed by atoms with Crippen LogP contribution in [0.5, 0.6) is 0 Å². The Labute approximate surface area is 142 Å². The smallest absolute Gasteiger partial charge is 0.415 e. The molecule has 0 spiro atoms. The van der Waals surface area contributed by atoms with Gasteiger partial charge in [-0.15, -0.1) is 0 Å². The van der Waals surface area contributed by atoms with Crippen LogP contribution in [0, 0.1) is 5.82 Å². The third kappa shape index (κ3) is 4.48. The summed E-state index contributed by atoms with van der Waals surface area (Å²) in [5, 5.41) is 0. The average Bonchev–Trinajstić information content (AvgIpc) is 2.45. The summed E-state index contributed by atoms with van der Waals surface area (Å²) in [5.41, 5.74) is 0.327. The molecule has 0 saturated heterocycles. The van der Waals surface area contributed by atoms with E-state index in [2.05, 4.69) is 25.9 Å². The first-order valence-corrected chi connectivity index (χ1v) is 7.71. The number of amides is 1. The first-order chi connectivity index (χ1) is 10.7. The molecule has 0 aliphatic carbocycles. The van der Waals surface area contributed by atoms with Crippen molar-refractivity contribution in [1.29, 1.82) is 0 Å². The van der Waals surface area contributed by atoms with Crippen molar-refractivity contribution in [2.45, 2.75) is 26.4 Å². The van der Waals surface area contributed by atoms with Crippen LogP contribution >= 0.6 is 15.9 Å². The van der Waals surface area contributed by atoms with Gasteiger partial charge in [0.2, 0.25) is 0 Å². The van der Waals surface area contributed by atoms with Crippen LogP contribution in [0.4, 0.5) is 15.0 Å². The molecule has 0 saturated carbocycles. The molecule has 0 fully saturated rings. The number of carbonyl (C=O) groups excluding carboxylic acids is 1. The fourth-order valence-corrected chi connectivity index (χ4v) is 2.09. The number of nitrogens with zero attached hydrogens (tertiary/aromatic N) is 3. The molecule has 2 rings (SSSR count). The predicted octanol–water partition coefficient (Wildman–Crippen LogP) is 4.42. The van der Waals surface area contributed by atoms with E-state index >= 15 is 0 Å². The number of aromatic nitrogens is 2. The third-order valence-electron chi connectivity index (χ3n) is 2.89. The van der Waals surface area contributed by atoms with Crippen molar-refractivity contribution in [3.8, 4) is 11.1 Å². The molecule has 2 aromatic rings. The Kier molecular flexibility index (Phi) is 4.99. The van der Waals surface area contributed by atoms with Crippen molar-refractivity contribution in [3.63, 3.8) is 0 Å². The number of hydrogen-bond donors (Lipinski definition) is 0. The van der Waals surface area contributed by atoms with Gasteiger partial charge in [-0.3, -0.25) is 4.90 Å². The van der Waals surface area contributed by atoms with Crippen LogP contribution in [0.2, 0.25) is 0 Å². The van der Waals surface area contributed by atoms with Crippen LogP contribution in [-0.4, -0.2) is 28.7 Å². The topological polar surface area (TPSA) is 55.3 Å². The number of halogens is 2. The summed E-state index contributed by atoms with van der Waals surface area (Å²) in [6, 6.07) is 4.59. The monoisotopic (exact) mass is 381 g/mol. The molecule has 2 aromatic heterocycles. The molecule has 7 heteroatoms. The maximum absolute atomic E-state index is 13.9. The van der Waals surface area contributed by atoms with Gasteiger partial charge in [0, 0.05) is 36.6 Å². The summed E-state index contributed by atoms with van der Waals surface area (Å²) in [5.74, 6) is 0.00963. The van der Waals surface area contributed by atoms with Gasteiger partial charge in [-0.1, -0.05) is 0 Å². The lowest BCUT2D eigenvalue weighted by Gasteiger charge is -2.24. The quantitative estimate of drug-likeness (QED) is 0.722. The fourth-order valence-electron chi connectivity index (χ4n) is 1.79.